The van der Waals surface area contributed by atoms with Crippen molar-refractivity contribution in [3.05, 3.63) is 0 Å². The highest BCUT2D eigenvalue weighted by atomic mass is 16.6. The van der Waals surface area contributed by atoms with Gasteiger partial charge in [0.15, 0.2) is 6.29 Å². The molecule has 1 rings (SSSR count). The Morgan fingerprint density at radius 1 is 1.20 bits per heavy atom. The van der Waals surface area contributed by atoms with Gasteiger partial charge in [-0.25, -0.2) is 0 Å². The van der Waals surface area contributed by atoms with E-state index in [-0.39, 0.29) is 6.61 Å². The van der Waals surface area contributed by atoms with Crippen LogP contribution < -0.4 is 0 Å². The zero-order chi connectivity index (χ0) is 11.6. The number of carbonyl (C=O) groups excluding carboxylic acids is 1. The lowest BCUT2D eigenvalue weighted by molar-refractivity contribution is -0.287. The summed E-state index contributed by atoms with van der Waals surface area (Å²) in [6.45, 7) is 0.883. The van der Waals surface area contributed by atoms with Gasteiger partial charge in [0.05, 0.1) is 0 Å². The van der Waals surface area contributed by atoms with Crippen LogP contribution in [0.1, 0.15) is 6.92 Å². The Bertz CT molecular complexity index is 231. The SMILES string of the molecule is CC(=O)OC[C@@H]1O[C@@H](O)[C@@H](O)[C@@H](O)[C@@H]1O. The molecule has 7 heteroatoms. The monoisotopic (exact) mass is 222 g/mol. The first kappa shape index (κ1) is 12.3. The summed E-state index contributed by atoms with van der Waals surface area (Å²) in [6, 6.07) is 0. The minimum Gasteiger partial charge on any atom is -0.463 e. The first-order valence-corrected chi connectivity index (χ1v) is 4.44. The standard InChI is InChI=1S/C8H14O7/c1-3(9)14-2-4-5(10)6(11)7(12)8(13)15-4/h4-8,10-13H,2H2,1H3/t4-,5+,6-,7-,8+/m0/s1. The fourth-order valence-electron chi connectivity index (χ4n) is 1.27. The molecule has 0 radical (unpaired) electrons. The minimum absolute atomic E-state index is 0.294. The van der Waals surface area contributed by atoms with Gasteiger partial charge in [0.25, 0.3) is 0 Å². The fourth-order valence-corrected chi connectivity index (χ4v) is 1.27. The van der Waals surface area contributed by atoms with Gasteiger partial charge in [-0.3, -0.25) is 4.79 Å². The molecule has 5 atom stereocenters. The lowest BCUT2D eigenvalue weighted by atomic mass is 9.99. The molecule has 0 aromatic heterocycles. The first-order valence-electron chi connectivity index (χ1n) is 4.44. The number of carbonyl (C=O) groups is 1. The van der Waals surface area contributed by atoms with Crippen LogP contribution in [0.15, 0.2) is 0 Å². The zero-order valence-corrected chi connectivity index (χ0v) is 8.11. The molecule has 0 saturated carbocycles. The topological polar surface area (TPSA) is 116 Å². The zero-order valence-electron chi connectivity index (χ0n) is 8.11. The molecule has 0 spiro atoms. The number of ether oxygens (including phenoxy) is 2. The second-order valence-electron chi connectivity index (χ2n) is 3.34. The Balaban J connectivity index is 2.54. The van der Waals surface area contributed by atoms with Gasteiger partial charge in [-0.2, -0.15) is 0 Å². The van der Waals surface area contributed by atoms with Gasteiger partial charge in [0.2, 0.25) is 0 Å². The largest absolute Gasteiger partial charge is 0.463 e. The molecule has 0 aromatic rings. The van der Waals surface area contributed by atoms with E-state index in [1.807, 2.05) is 0 Å². The van der Waals surface area contributed by atoms with Gasteiger partial charge in [-0.15, -0.1) is 0 Å². The van der Waals surface area contributed by atoms with E-state index in [1.165, 1.54) is 6.92 Å². The van der Waals surface area contributed by atoms with Crippen molar-refractivity contribution in [3.63, 3.8) is 0 Å². The normalized spacial score (nSPS) is 41.3. The summed E-state index contributed by atoms with van der Waals surface area (Å²) < 4.78 is 9.31. The molecule has 0 aliphatic carbocycles. The highest BCUT2D eigenvalue weighted by molar-refractivity contribution is 5.65. The van der Waals surface area contributed by atoms with Crippen LogP contribution in [0.25, 0.3) is 0 Å². The average Bonchev–Trinajstić information content (AvgIpc) is 2.18. The lowest BCUT2D eigenvalue weighted by Crippen LogP contribution is -2.58. The van der Waals surface area contributed by atoms with E-state index in [0.29, 0.717) is 0 Å². The van der Waals surface area contributed by atoms with Crippen molar-refractivity contribution in [1.82, 2.24) is 0 Å². The van der Waals surface area contributed by atoms with Gasteiger partial charge >= 0.3 is 5.97 Å². The van der Waals surface area contributed by atoms with Gasteiger partial charge in [-0.1, -0.05) is 0 Å². The van der Waals surface area contributed by atoms with Crippen LogP contribution in [0.3, 0.4) is 0 Å². The number of hydrogen-bond acceptors (Lipinski definition) is 7. The molecule has 0 unspecified atom stereocenters. The van der Waals surface area contributed by atoms with Crippen LogP contribution in [0.5, 0.6) is 0 Å². The Morgan fingerprint density at radius 2 is 1.80 bits per heavy atom. The molecule has 1 saturated heterocycles. The van der Waals surface area contributed by atoms with Crippen LogP contribution in [-0.2, 0) is 14.3 Å². The minimum atomic E-state index is -1.61. The second-order valence-corrected chi connectivity index (χ2v) is 3.34. The fraction of sp³-hybridized carbons (Fsp3) is 0.875. The number of esters is 1. The molecule has 7 nitrogen and oxygen atoms in total. The van der Waals surface area contributed by atoms with Gasteiger partial charge in [0, 0.05) is 6.92 Å². The van der Waals surface area contributed by atoms with Crippen LogP contribution in [0.2, 0.25) is 0 Å². The number of rotatable bonds is 2. The van der Waals surface area contributed by atoms with E-state index >= 15 is 0 Å². The van der Waals surface area contributed by atoms with E-state index in [0.717, 1.165) is 0 Å². The van der Waals surface area contributed by atoms with Crippen molar-refractivity contribution >= 4 is 5.97 Å². The smallest absolute Gasteiger partial charge is 0.302 e. The summed E-state index contributed by atoms with van der Waals surface area (Å²) in [5.74, 6) is -0.569. The molecule has 4 N–H and O–H groups in total. The molecular formula is C8H14O7. The highest BCUT2D eigenvalue weighted by Crippen LogP contribution is 2.19. The summed E-state index contributed by atoms with van der Waals surface area (Å²) in [7, 11) is 0. The quantitative estimate of drug-likeness (QED) is 0.377. The first-order chi connectivity index (χ1) is 6.93. The van der Waals surface area contributed by atoms with Gasteiger partial charge in [0.1, 0.15) is 31.0 Å². The lowest BCUT2D eigenvalue weighted by Gasteiger charge is -2.37. The summed E-state index contributed by atoms with van der Waals surface area (Å²) in [5, 5.41) is 36.9. The molecule has 1 aliphatic rings. The summed E-state index contributed by atoms with van der Waals surface area (Å²) in [4.78, 5) is 10.5. The Labute approximate surface area is 85.9 Å². The summed E-state index contributed by atoms with van der Waals surface area (Å²) in [5.41, 5.74) is 0. The van der Waals surface area contributed by atoms with Crippen LogP contribution in [0, 0.1) is 0 Å². The highest BCUT2D eigenvalue weighted by Gasteiger charge is 2.43. The second kappa shape index (κ2) is 4.86. The maximum absolute atomic E-state index is 10.5. The number of aliphatic hydroxyl groups is 4. The van der Waals surface area contributed by atoms with Gasteiger partial charge < -0.3 is 29.9 Å². The summed E-state index contributed by atoms with van der Waals surface area (Å²) in [6.07, 6.45) is -7.18. The van der Waals surface area contributed by atoms with Crippen LogP contribution in [-0.4, -0.2) is 63.7 Å². The molecule has 0 aromatic carbocycles. The third kappa shape index (κ3) is 2.86. The third-order valence-electron chi connectivity index (χ3n) is 2.14. The predicted molar refractivity (Wildman–Crippen MR) is 45.5 cm³/mol. The molecule has 1 fully saturated rings. The van der Waals surface area contributed by atoms with Crippen molar-refractivity contribution in [3.8, 4) is 0 Å². The summed E-state index contributed by atoms with van der Waals surface area (Å²) >= 11 is 0. The Morgan fingerprint density at radius 3 is 2.33 bits per heavy atom. The van der Waals surface area contributed by atoms with E-state index in [2.05, 4.69) is 4.74 Å². The Hall–Kier alpha value is -0.730. The predicted octanol–water partition coefficient (Wildman–Crippen LogP) is -2.65. The molecule has 88 valence electrons. The van der Waals surface area contributed by atoms with E-state index < -0.39 is 36.7 Å². The molecule has 0 bridgehead atoms. The van der Waals surface area contributed by atoms with Crippen molar-refractivity contribution in [1.29, 1.82) is 0 Å². The Kier molecular flexibility index (Phi) is 4.00. The van der Waals surface area contributed by atoms with Crippen molar-refractivity contribution in [2.75, 3.05) is 6.61 Å². The van der Waals surface area contributed by atoms with E-state index in [4.69, 9.17) is 14.9 Å². The number of hydrogen-bond donors (Lipinski definition) is 4. The molecule has 1 aliphatic heterocycles. The van der Waals surface area contributed by atoms with E-state index in [9.17, 15) is 15.0 Å². The molecule has 1 heterocycles. The molecular weight excluding hydrogens is 208 g/mol. The van der Waals surface area contributed by atoms with E-state index in [1.54, 1.807) is 0 Å². The van der Waals surface area contributed by atoms with Gasteiger partial charge in [-0.05, 0) is 0 Å². The average molecular weight is 222 g/mol. The molecule has 15 heavy (non-hydrogen) atoms. The third-order valence-corrected chi connectivity index (χ3v) is 2.14. The maximum atomic E-state index is 10.5. The van der Waals surface area contributed by atoms with Crippen molar-refractivity contribution < 1.29 is 34.7 Å². The number of aliphatic hydroxyl groups excluding tert-OH is 4. The van der Waals surface area contributed by atoms with Crippen molar-refractivity contribution in [2.45, 2.75) is 37.6 Å². The molecule has 0 amide bonds. The maximum Gasteiger partial charge on any atom is 0.302 e. The van der Waals surface area contributed by atoms with Crippen LogP contribution in [0.4, 0.5) is 0 Å². The van der Waals surface area contributed by atoms with Crippen LogP contribution >= 0.6 is 0 Å². The van der Waals surface area contributed by atoms with Crippen molar-refractivity contribution in [2.24, 2.45) is 0 Å².